The van der Waals surface area contributed by atoms with E-state index >= 15 is 0 Å². The van der Waals surface area contributed by atoms with Crippen molar-refractivity contribution in [3.05, 3.63) is 24.6 Å². The summed E-state index contributed by atoms with van der Waals surface area (Å²) >= 11 is 0. The van der Waals surface area contributed by atoms with Crippen LogP contribution >= 0.6 is 0 Å². The molecule has 3 unspecified atom stereocenters. The minimum absolute atomic E-state index is 0.417. The van der Waals surface area contributed by atoms with Crippen LogP contribution in [0.3, 0.4) is 0 Å². The van der Waals surface area contributed by atoms with Crippen LogP contribution in [0.2, 0.25) is 0 Å². The van der Waals surface area contributed by atoms with Crippen molar-refractivity contribution in [3.8, 4) is 0 Å². The highest BCUT2D eigenvalue weighted by molar-refractivity contribution is 5.17. The summed E-state index contributed by atoms with van der Waals surface area (Å²) in [5, 5.41) is 2.67. The number of hydrazine groups is 1. The van der Waals surface area contributed by atoms with Gasteiger partial charge in [0, 0.05) is 62.1 Å². The summed E-state index contributed by atoms with van der Waals surface area (Å²) in [6, 6.07) is 0.838. The van der Waals surface area contributed by atoms with Crippen molar-refractivity contribution >= 4 is 0 Å². The predicted octanol–water partition coefficient (Wildman–Crippen LogP) is 5.64. The third kappa shape index (κ3) is 4.59. The number of allylic oxidation sites excluding steroid dienone is 2. The largest absolute Gasteiger partial charge is 0.372 e. The zero-order valence-electron chi connectivity index (χ0n) is 21.9. The Morgan fingerprint density at radius 3 is 2.15 bits per heavy atom. The molecule has 190 valence electrons. The highest BCUT2D eigenvalue weighted by Crippen LogP contribution is 2.52. The van der Waals surface area contributed by atoms with Gasteiger partial charge in [-0.15, -0.1) is 0 Å². The highest BCUT2D eigenvalue weighted by Gasteiger charge is 2.44. The monoisotopic (exact) mass is 466 g/mol. The predicted molar refractivity (Wildman–Crippen MR) is 141 cm³/mol. The maximum Gasteiger partial charge on any atom is 0.0351 e. The molecule has 0 spiro atoms. The van der Waals surface area contributed by atoms with Gasteiger partial charge in [0.05, 0.1) is 0 Å². The molecule has 6 rings (SSSR count). The molecule has 6 fully saturated rings. The van der Waals surface area contributed by atoms with Crippen LogP contribution in [0, 0.1) is 35.0 Å². The molecule has 2 aliphatic heterocycles. The third-order valence-electron chi connectivity index (χ3n) is 11.3. The van der Waals surface area contributed by atoms with E-state index in [-0.39, 0.29) is 0 Å². The van der Waals surface area contributed by atoms with Crippen molar-refractivity contribution < 1.29 is 0 Å². The summed E-state index contributed by atoms with van der Waals surface area (Å²) in [6.07, 6.45) is 17.1. The van der Waals surface area contributed by atoms with Crippen LogP contribution in [0.1, 0.15) is 84.0 Å². The lowest BCUT2D eigenvalue weighted by atomic mass is 9.67. The van der Waals surface area contributed by atoms with E-state index in [2.05, 4.69) is 40.3 Å². The first-order valence-electron chi connectivity index (χ1n) is 14.9. The second-order valence-electron chi connectivity index (χ2n) is 13.3. The molecule has 3 atom stereocenters. The highest BCUT2D eigenvalue weighted by atomic mass is 15.5. The summed E-state index contributed by atoms with van der Waals surface area (Å²) in [6.45, 7) is 18.6. The molecule has 4 heteroatoms. The summed E-state index contributed by atoms with van der Waals surface area (Å²) in [5.74, 6) is 4.59. The van der Waals surface area contributed by atoms with E-state index in [4.69, 9.17) is 0 Å². The number of rotatable bonds is 7. The van der Waals surface area contributed by atoms with E-state index in [0.717, 1.165) is 61.8 Å². The van der Waals surface area contributed by atoms with Crippen molar-refractivity contribution in [2.45, 2.75) is 90.0 Å². The van der Waals surface area contributed by atoms with Gasteiger partial charge in [0.1, 0.15) is 0 Å². The van der Waals surface area contributed by atoms with Gasteiger partial charge in [0.2, 0.25) is 0 Å². The second kappa shape index (κ2) is 9.47. The Morgan fingerprint density at radius 2 is 1.50 bits per heavy atom. The van der Waals surface area contributed by atoms with Gasteiger partial charge in [-0.25, -0.2) is 5.01 Å². The first-order valence-corrected chi connectivity index (χ1v) is 14.9. The van der Waals surface area contributed by atoms with Crippen LogP contribution in [0.25, 0.3) is 0 Å². The van der Waals surface area contributed by atoms with Gasteiger partial charge in [0.25, 0.3) is 0 Å². The lowest BCUT2D eigenvalue weighted by Gasteiger charge is -2.44. The Hall–Kier alpha value is -1.00. The molecule has 0 aromatic carbocycles. The average Bonchev–Trinajstić information content (AvgIpc) is 3.48. The van der Waals surface area contributed by atoms with Gasteiger partial charge in [-0.1, -0.05) is 26.5 Å². The van der Waals surface area contributed by atoms with E-state index < -0.39 is 0 Å². The van der Waals surface area contributed by atoms with E-state index in [1.165, 1.54) is 102 Å². The Kier molecular flexibility index (Phi) is 6.51. The molecule has 1 N–H and O–H groups in total. The van der Waals surface area contributed by atoms with Crippen LogP contribution in [0.15, 0.2) is 24.6 Å². The summed E-state index contributed by atoms with van der Waals surface area (Å²) in [7, 11) is 0. The van der Waals surface area contributed by atoms with Crippen molar-refractivity contribution in [2.24, 2.45) is 35.0 Å². The molecule has 4 saturated carbocycles. The molecule has 6 aliphatic rings. The van der Waals surface area contributed by atoms with Crippen LogP contribution in [0.5, 0.6) is 0 Å². The van der Waals surface area contributed by atoms with Gasteiger partial charge in [-0.3, -0.25) is 5.43 Å². The topological polar surface area (TPSA) is 21.8 Å². The molecule has 4 nitrogen and oxygen atoms in total. The molecule has 34 heavy (non-hydrogen) atoms. The normalized spacial score (nSPS) is 38.3. The van der Waals surface area contributed by atoms with Gasteiger partial charge in [-0.2, -0.15) is 0 Å². The summed E-state index contributed by atoms with van der Waals surface area (Å²) in [4.78, 5) is 5.19. The fourth-order valence-corrected chi connectivity index (χ4v) is 8.15. The molecule has 0 bridgehead atoms. The molecule has 0 aromatic heterocycles. The van der Waals surface area contributed by atoms with Crippen LogP contribution in [-0.4, -0.2) is 60.1 Å². The van der Waals surface area contributed by atoms with Crippen LogP contribution < -0.4 is 5.43 Å². The molecule has 0 amide bonds. The smallest absolute Gasteiger partial charge is 0.0351 e. The van der Waals surface area contributed by atoms with Gasteiger partial charge < -0.3 is 9.80 Å². The van der Waals surface area contributed by atoms with E-state index in [1.807, 2.05) is 0 Å². The molecule has 0 radical (unpaired) electrons. The van der Waals surface area contributed by atoms with Crippen LogP contribution in [-0.2, 0) is 0 Å². The quantitative estimate of drug-likeness (QED) is 0.524. The third-order valence-corrected chi connectivity index (χ3v) is 11.3. The number of hydrogen-bond donors (Lipinski definition) is 1. The molecule has 2 heterocycles. The molecular weight excluding hydrogens is 416 g/mol. The van der Waals surface area contributed by atoms with Gasteiger partial charge in [-0.05, 0) is 100 Å². The summed E-state index contributed by atoms with van der Waals surface area (Å²) < 4.78 is 0. The van der Waals surface area contributed by atoms with Crippen molar-refractivity contribution in [2.75, 3.05) is 39.3 Å². The SMILES string of the molecule is C=C(C1CCC(C2CCC3C(CNN3CC3CCC3)C2)CC1)N1CCN(C(=C)C2(C)CC2)CC1. The minimum atomic E-state index is 0.417. The fourth-order valence-electron chi connectivity index (χ4n) is 8.15. The first-order chi connectivity index (χ1) is 16.5. The van der Waals surface area contributed by atoms with Gasteiger partial charge in [0.15, 0.2) is 0 Å². The maximum absolute atomic E-state index is 4.63. The Bertz CT molecular complexity index is 752. The van der Waals surface area contributed by atoms with E-state index in [1.54, 1.807) is 0 Å². The molecule has 4 aliphatic carbocycles. The molecule has 0 aromatic rings. The van der Waals surface area contributed by atoms with Crippen molar-refractivity contribution in [3.63, 3.8) is 0 Å². The number of nitrogens with one attached hydrogen (secondary N) is 1. The van der Waals surface area contributed by atoms with Crippen LogP contribution in [0.4, 0.5) is 0 Å². The van der Waals surface area contributed by atoms with E-state index in [9.17, 15) is 0 Å². The zero-order chi connectivity index (χ0) is 23.3. The molecule has 2 saturated heterocycles. The first kappa shape index (κ1) is 23.4. The number of piperazine rings is 1. The average molecular weight is 467 g/mol. The van der Waals surface area contributed by atoms with Gasteiger partial charge >= 0.3 is 0 Å². The summed E-state index contributed by atoms with van der Waals surface area (Å²) in [5.41, 5.74) is 7.08. The van der Waals surface area contributed by atoms with Crippen molar-refractivity contribution in [1.29, 1.82) is 0 Å². The van der Waals surface area contributed by atoms with Crippen molar-refractivity contribution in [1.82, 2.24) is 20.2 Å². The lowest BCUT2D eigenvalue weighted by Crippen LogP contribution is -2.47. The second-order valence-corrected chi connectivity index (χ2v) is 13.3. The Labute approximate surface area is 209 Å². The lowest BCUT2D eigenvalue weighted by molar-refractivity contribution is 0.0669. The Balaban J connectivity index is 0.938. The standard InChI is InChI=1S/C30H50N4/c1-22(32-15-17-33(18-16-32)23(2)30(3)13-14-30)25-7-9-26(10-8-25)27-11-12-29-28(19-27)20-31-34(29)21-24-5-4-6-24/h24-29,31H,1-2,4-21H2,3H3. The van der Waals surface area contributed by atoms with E-state index in [0.29, 0.717) is 5.41 Å². The fraction of sp³-hybridized carbons (Fsp3) is 0.867. The number of fused-ring (bicyclic) bond motifs is 1. The number of nitrogens with zero attached hydrogens (tertiary/aromatic N) is 3. The number of hydrogen-bond acceptors (Lipinski definition) is 4. The Morgan fingerprint density at radius 1 is 0.824 bits per heavy atom. The zero-order valence-corrected chi connectivity index (χ0v) is 21.9. The minimum Gasteiger partial charge on any atom is -0.372 e. The molecular formula is C30H50N4. The maximum atomic E-state index is 4.63.